The highest BCUT2D eigenvalue weighted by atomic mass is 32.1. The van der Waals surface area contributed by atoms with Gasteiger partial charge in [-0.25, -0.2) is 4.79 Å². The van der Waals surface area contributed by atoms with Crippen molar-refractivity contribution < 1.29 is 34.2 Å². The fraction of sp³-hybridized carbons (Fsp3) is 0.667. The van der Waals surface area contributed by atoms with E-state index in [4.69, 9.17) is 16.6 Å². The van der Waals surface area contributed by atoms with Crippen molar-refractivity contribution in [3.63, 3.8) is 0 Å². The van der Waals surface area contributed by atoms with Gasteiger partial charge in [-0.15, -0.1) is 0 Å². The molecule has 0 aliphatic heterocycles. The Bertz CT molecular complexity index is 601. The summed E-state index contributed by atoms with van der Waals surface area (Å²) in [7, 11) is 0. The number of carboxylic acids is 1. The lowest BCUT2D eigenvalue weighted by Crippen LogP contribution is -2.57. The quantitative estimate of drug-likeness (QED) is 0.147. The zero-order valence-corrected chi connectivity index (χ0v) is 16.4. The first-order valence-electron chi connectivity index (χ1n) is 8.37. The van der Waals surface area contributed by atoms with Crippen LogP contribution >= 0.6 is 12.6 Å². The van der Waals surface area contributed by atoms with E-state index in [9.17, 15) is 29.1 Å². The highest BCUT2D eigenvalue weighted by Crippen LogP contribution is 2.01. The fourth-order valence-corrected chi connectivity index (χ4v) is 2.15. The zero-order chi connectivity index (χ0) is 22.0. The van der Waals surface area contributed by atoms with Gasteiger partial charge in [0.05, 0.1) is 6.10 Å². The lowest BCUT2D eigenvalue weighted by atomic mass is 10.1. The number of nitrogens with two attached hydrogens (primary N) is 2. The second-order valence-corrected chi connectivity index (χ2v) is 6.51. The number of thiol groups is 1. The van der Waals surface area contributed by atoms with E-state index >= 15 is 0 Å². The lowest BCUT2D eigenvalue weighted by Gasteiger charge is -2.23. The smallest absolute Gasteiger partial charge is 0.327 e. The number of amides is 4. The van der Waals surface area contributed by atoms with Crippen molar-refractivity contribution in [3.05, 3.63) is 0 Å². The van der Waals surface area contributed by atoms with Crippen LogP contribution in [0.3, 0.4) is 0 Å². The van der Waals surface area contributed by atoms with Gasteiger partial charge in [-0.2, -0.15) is 12.6 Å². The molecule has 0 saturated heterocycles. The van der Waals surface area contributed by atoms with Crippen molar-refractivity contribution in [2.24, 2.45) is 11.5 Å². The minimum Gasteiger partial charge on any atom is -0.480 e. The van der Waals surface area contributed by atoms with Gasteiger partial charge in [0.25, 0.3) is 0 Å². The Kier molecular flexibility index (Phi) is 11.1. The van der Waals surface area contributed by atoms with E-state index in [-0.39, 0.29) is 18.6 Å². The van der Waals surface area contributed by atoms with Gasteiger partial charge < -0.3 is 37.6 Å². The second kappa shape index (κ2) is 12.2. The highest BCUT2D eigenvalue weighted by Gasteiger charge is 2.29. The summed E-state index contributed by atoms with van der Waals surface area (Å²) in [4.78, 5) is 58.4. The first kappa shape index (κ1) is 25.6. The zero-order valence-electron chi connectivity index (χ0n) is 15.5. The van der Waals surface area contributed by atoms with Crippen LogP contribution in [-0.2, 0) is 24.0 Å². The number of carboxylic acid groups (broad SMARTS) is 1. The summed E-state index contributed by atoms with van der Waals surface area (Å²) in [5.41, 5.74) is 10.5. The average molecular weight is 421 g/mol. The Morgan fingerprint density at radius 1 is 0.964 bits per heavy atom. The first-order valence-corrected chi connectivity index (χ1v) is 9.00. The predicted octanol–water partition coefficient (Wildman–Crippen LogP) is -3.55. The molecule has 5 unspecified atom stereocenters. The molecule has 160 valence electrons. The van der Waals surface area contributed by atoms with E-state index in [2.05, 4.69) is 28.6 Å². The molecule has 0 spiro atoms. The van der Waals surface area contributed by atoms with Gasteiger partial charge in [0.2, 0.25) is 23.6 Å². The van der Waals surface area contributed by atoms with Crippen molar-refractivity contribution in [2.75, 3.05) is 5.75 Å². The van der Waals surface area contributed by atoms with Gasteiger partial charge in [0.1, 0.15) is 24.2 Å². The molecular formula is C15H27N5O7S. The largest absolute Gasteiger partial charge is 0.480 e. The Balaban J connectivity index is 5.08. The SMILES string of the molecule is CC(NC(=O)C(N)C(C)O)C(=O)NC(CCC(N)=O)C(=O)NC(CS)C(=O)O. The van der Waals surface area contributed by atoms with E-state index in [1.807, 2.05) is 0 Å². The lowest BCUT2D eigenvalue weighted by molar-refractivity contribution is -0.141. The number of aliphatic hydroxyl groups is 1. The molecule has 0 heterocycles. The number of carbonyl (C=O) groups is 5. The number of primary amides is 1. The van der Waals surface area contributed by atoms with Gasteiger partial charge in [0, 0.05) is 12.2 Å². The number of rotatable bonds is 12. The van der Waals surface area contributed by atoms with Crippen LogP contribution in [0.2, 0.25) is 0 Å². The minimum atomic E-state index is -1.32. The van der Waals surface area contributed by atoms with E-state index in [0.717, 1.165) is 0 Å². The first-order chi connectivity index (χ1) is 12.9. The number of hydrogen-bond acceptors (Lipinski definition) is 8. The number of hydrogen-bond donors (Lipinski definition) is 8. The maximum Gasteiger partial charge on any atom is 0.327 e. The third kappa shape index (κ3) is 9.01. The van der Waals surface area contributed by atoms with Gasteiger partial charge in [-0.05, 0) is 20.3 Å². The molecule has 13 heteroatoms. The van der Waals surface area contributed by atoms with Crippen LogP contribution in [0.1, 0.15) is 26.7 Å². The van der Waals surface area contributed by atoms with Crippen LogP contribution in [0.5, 0.6) is 0 Å². The molecule has 0 aliphatic carbocycles. The van der Waals surface area contributed by atoms with Crippen LogP contribution < -0.4 is 27.4 Å². The standard InChI is InChI=1S/C15H27N5O7S/c1-6(18-14(25)11(17)7(2)21)12(23)19-8(3-4-10(16)22)13(24)20-9(5-28)15(26)27/h6-9,11,21,28H,3-5,17H2,1-2H3,(H2,16,22)(H,18,25)(H,19,23)(H,20,24)(H,26,27). The number of carbonyl (C=O) groups excluding carboxylic acids is 4. The molecule has 0 aromatic carbocycles. The molecule has 0 radical (unpaired) electrons. The fourth-order valence-electron chi connectivity index (χ4n) is 1.90. The van der Waals surface area contributed by atoms with Crippen molar-refractivity contribution in [3.8, 4) is 0 Å². The average Bonchev–Trinajstić information content (AvgIpc) is 2.60. The summed E-state index contributed by atoms with van der Waals surface area (Å²) in [5, 5.41) is 25.1. The third-order valence-electron chi connectivity index (χ3n) is 3.68. The predicted molar refractivity (Wildman–Crippen MR) is 101 cm³/mol. The Labute approximate surface area is 167 Å². The van der Waals surface area contributed by atoms with E-state index in [1.165, 1.54) is 13.8 Å². The molecule has 0 aromatic heterocycles. The number of aliphatic hydroxyl groups excluding tert-OH is 1. The summed E-state index contributed by atoms with van der Waals surface area (Å²) in [5.74, 6) is -4.65. The second-order valence-electron chi connectivity index (χ2n) is 6.14. The van der Waals surface area contributed by atoms with Crippen LogP contribution in [0.4, 0.5) is 0 Å². The summed E-state index contributed by atoms with van der Waals surface area (Å²) >= 11 is 3.82. The van der Waals surface area contributed by atoms with Crippen molar-refractivity contribution in [1.29, 1.82) is 0 Å². The molecule has 0 aromatic rings. The molecule has 28 heavy (non-hydrogen) atoms. The van der Waals surface area contributed by atoms with Crippen LogP contribution in [-0.4, -0.2) is 75.8 Å². The normalized spacial score (nSPS) is 16.0. The highest BCUT2D eigenvalue weighted by molar-refractivity contribution is 7.80. The molecule has 0 fully saturated rings. The van der Waals surface area contributed by atoms with E-state index < -0.39 is 59.9 Å². The van der Waals surface area contributed by atoms with Crippen molar-refractivity contribution in [2.45, 2.75) is 57.0 Å². The Morgan fingerprint density at radius 3 is 1.93 bits per heavy atom. The van der Waals surface area contributed by atoms with Crippen molar-refractivity contribution >= 4 is 42.2 Å². The summed E-state index contributed by atoms with van der Waals surface area (Å²) in [6.45, 7) is 2.62. The van der Waals surface area contributed by atoms with Gasteiger partial charge in [-0.1, -0.05) is 0 Å². The number of aliphatic carboxylic acids is 1. The number of nitrogens with one attached hydrogen (secondary N) is 3. The minimum absolute atomic E-state index is 0.181. The van der Waals surface area contributed by atoms with Gasteiger partial charge >= 0.3 is 5.97 Å². The monoisotopic (exact) mass is 421 g/mol. The Hall–Kier alpha value is -2.38. The molecule has 0 rings (SSSR count). The topological polar surface area (TPSA) is 214 Å². The van der Waals surface area contributed by atoms with E-state index in [1.54, 1.807) is 0 Å². The third-order valence-corrected chi connectivity index (χ3v) is 4.05. The summed E-state index contributed by atoms with van der Waals surface area (Å²) < 4.78 is 0. The molecule has 12 nitrogen and oxygen atoms in total. The molecule has 5 atom stereocenters. The van der Waals surface area contributed by atoms with Crippen molar-refractivity contribution in [1.82, 2.24) is 16.0 Å². The van der Waals surface area contributed by atoms with Gasteiger partial charge in [0.15, 0.2) is 0 Å². The van der Waals surface area contributed by atoms with Crippen LogP contribution in [0.25, 0.3) is 0 Å². The molecule has 9 N–H and O–H groups in total. The maximum absolute atomic E-state index is 12.3. The molecular weight excluding hydrogens is 394 g/mol. The van der Waals surface area contributed by atoms with E-state index in [0.29, 0.717) is 0 Å². The summed E-state index contributed by atoms with van der Waals surface area (Å²) in [6, 6.07) is -4.95. The van der Waals surface area contributed by atoms with Gasteiger partial charge in [-0.3, -0.25) is 19.2 Å². The molecule has 0 saturated carbocycles. The Morgan fingerprint density at radius 2 is 1.50 bits per heavy atom. The summed E-state index contributed by atoms with van der Waals surface area (Å²) in [6.07, 6.45) is -1.57. The molecule has 0 aliphatic rings. The molecule has 4 amide bonds. The van der Waals surface area contributed by atoms with Crippen LogP contribution in [0, 0.1) is 0 Å². The maximum atomic E-state index is 12.3. The van der Waals surface area contributed by atoms with Crippen LogP contribution in [0.15, 0.2) is 0 Å². The molecule has 0 bridgehead atoms.